The van der Waals surface area contributed by atoms with Gasteiger partial charge in [0.1, 0.15) is 5.76 Å². The van der Waals surface area contributed by atoms with E-state index in [2.05, 4.69) is 20.9 Å². The number of guanidine groups is 1. The van der Waals surface area contributed by atoms with Crippen LogP contribution in [0, 0.1) is 5.41 Å². The predicted molar refractivity (Wildman–Crippen MR) is 90.4 cm³/mol. The number of aliphatic imine (C=N–C) groups is 1. The van der Waals surface area contributed by atoms with E-state index < -0.39 is 5.41 Å². The molecule has 0 aliphatic rings. The number of amides is 1. The number of nitrogens with zero attached hydrogens (tertiary/aromatic N) is 1. The Balaban J connectivity index is 2.55. The highest BCUT2D eigenvalue weighted by atomic mass is 16.5. The molecule has 0 unspecified atom stereocenters. The number of hydrogen-bond acceptors (Lipinski definition) is 4. The molecule has 1 amide bonds. The van der Waals surface area contributed by atoms with E-state index in [0.29, 0.717) is 32.2 Å². The number of ether oxygens (including phenoxy) is 1. The molecule has 0 saturated heterocycles. The first-order valence-corrected chi connectivity index (χ1v) is 7.75. The summed E-state index contributed by atoms with van der Waals surface area (Å²) in [6.07, 6.45) is 2.42. The standard InChI is InChI=1S/C16H28N4O3/c1-16(2,14(21)17-3)12-20-15(19-9-11-22-4)18-8-7-13-6-5-10-23-13/h5-6,10H,7-9,11-12H2,1-4H3,(H,17,21)(H2,18,19,20). The fraction of sp³-hybridized carbons (Fsp3) is 0.625. The quantitative estimate of drug-likeness (QED) is 0.355. The minimum absolute atomic E-state index is 0.0342. The first kappa shape index (κ1) is 19.0. The third-order valence-corrected chi connectivity index (χ3v) is 3.32. The molecule has 1 rings (SSSR count). The van der Waals surface area contributed by atoms with Crippen molar-refractivity contribution in [2.45, 2.75) is 20.3 Å². The number of methoxy groups -OCH3 is 1. The van der Waals surface area contributed by atoms with Crippen LogP contribution in [0.25, 0.3) is 0 Å². The van der Waals surface area contributed by atoms with Crippen LogP contribution in [0.4, 0.5) is 0 Å². The van der Waals surface area contributed by atoms with Crippen LogP contribution in [0.5, 0.6) is 0 Å². The molecule has 0 aliphatic carbocycles. The molecule has 1 aromatic rings. The largest absolute Gasteiger partial charge is 0.469 e. The van der Waals surface area contributed by atoms with Gasteiger partial charge in [-0.1, -0.05) is 0 Å². The molecule has 7 heteroatoms. The maximum Gasteiger partial charge on any atom is 0.227 e. The van der Waals surface area contributed by atoms with E-state index in [1.54, 1.807) is 20.4 Å². The molecular weight excluding hydrogens is 296 g/mol. The van der Waals surface area contributed by atoms with E-state index in [4.69, 9.17) is 9.15 Å². The molecule has 1 heterocycles. The van der Waals surface area contributed by atoms with Crippen molar-refractivity contribution in [3.63, 3.8) is 0 Å². The van der Waals surface area contributed by atoms with Crippen molar-refractivity contribution in [1.82, 2.24) is 16.0 Å². The number of carbonyl (C=O) groups is 1. The summed E-state index contributed by atoms with van der Waals surface area (Å²) in [4.78, 5) is 16.3. The van der Waals surface area contributed by atoms with Crippen LogP contribution < -0.4 is 16.0 Å². The highest BCUT2D eigenvalue weighted by molar-refractivity contribution is 5.83. The Bertz CT molecular complexity index is 484. The van der Waals surface area contributed by atoms with Crippen LogP contribution in [0.1, 0.15) is 19.6 Å². The summed E-state index contributed by atoms with van der Waals surface area (Å²) in [6.45, 7) is 6.03. The van der Waals surface area contributed by atoms with Gasteiger partial charge in [-0.2, -0.15) is 0 Å². The fourth-order valence-corrected chi connectivity index (χ4v) is 1.89. The first-order chi connectivity index (χ1) is 11.0. The van der Waals surface area contributed by atoms with Crippen LogP contribution in [0.2, 0.25) is 0 Å². The molecule has 130 valence electrons. The highest BCUT2D eigenvalue weighted by Crippen LogP contribution is 2.15. The lowest BCUT2D eigenvalue weighted by Gasteiger charge is -2.21. The molecule has 0 atom stereocenters. The molecule has 0 aromatic carbocycles. The topological polar surface area (TPSA) is 87.9 Å². The molecule has 0 radical (unpaired) electrons. The number of hydrogen-bond donors (Lipinski definition) is 3. The summed E-state index contributed by atoms with van der Waals surface area (Å²) in [5.74, 6) is 1.54. The van der Waals surface area contributed by atoms with Crippen LogP contribution >= 0.6 is 0 Å². The van der Waals surface area contributed by atoms with Crippen molar-refractivity contribution < 1.29 is 13.9 Å². The normalized spacial score (nSPS) is 12.1. The fourth-order valence-electron chi connectivity index (χ4n) is 1.89. The molecule has 3 N–H and O–H groups in total. The minimum Gasteiger partial charge on any atom is -0.469 e. The van der Waals surface area contributed by atoms with E-state index in [1.807, 2.05) is 26.0 Å². The van der Waals surface area contributed by atoms with Crippen LogP contribution in [-0.2, 0) is 16.0 Å². The summed E-state index contributed by atoms with van der Waals surface area (Å²) in [7, 11) is 3.28. The lowest BCUT2D eigenvalue weighted by Crippen LogP contribution is -2.42. The zero-order valence-electron chi connectivity index (χ0n) is 14.4. The summed E-state index contributed by atoms with van der Waals surface area (Å²) in [6, 6.07) is 3.80. The van der Waals surface area contributed by atoms with Crippen molar-refractivity contribution in [1.29, 1.82) is 0 Å². The monoisotopic (exact) mass is 324 g/mol. The van der Waals surface area contributed by atoms with Gasteiger partial charge in [-0.05, 0) is 26.0 Å². The molecular formula is C16H28N4O3. The lowest BCUT2D eigenvalue weighted by atomic mass is 9.93. The zero-order valence-corrected chi connectivity index (χ0v) is 14.4. The average Bonchev–Trinajstić information content (AvgIpc) is 3.04. The van der Waals surface area contributed by atoms with Crippen molar-refractivity contribution in [3.8, 4) is 0 Å². The third-order valence-electron chi connectivity index (χ3n) is 3.32. The average molecular weight is 324 g/mol. The molecule has 7 nitrogen and oxygen atoms in total. The Kier molecular flexibility index (Phi) is 8.18. The van der Waals surface area contributed by atoms with Crippen molar-refractivity contribution in [2.24, 2.45) is 10.4 Å². The van der Waals surface area contributed by atoms with Gasteiger partial charge in [0, 0.05) is 33.7 Å². The summed E-state index contributed by atoms with van der Waals surface area (Å²) >= 11 is 0. The van der Waals surface area contributed by atoms with E-state index in [-0.39, 0.29) is 5.91 Å². The second-order valence-corrected chi connectivity index (χ2v) is 5.80. The van der Waals surface area contributed by atoms with Gasteiger partial charge in [0.2, 0.25) is 5.91 Å². The molecule has 0 saturated carbocycles. The van der Waals surface area contributed by atoms with E-state index in [0.717, 1.165) is 12.2 Å². The van der Waals surface area contributed by atoms with Gasteiger partial charge in [0.15, 0.2) is 5.96 Å². The first-order valence-electron chi connectivity index (χ1n) is 7.75. The van der Waals surface area contributed by atoms with Gasteiger partial charge < -0.3 is 25.1 Å². The Hall–Kier alpha value is -2.02. The van der Waals surface area contributed by atoms with E-state index >= 15 is 0 Å². The second kappa shape index (κ2) is 9.89. The SMILES string of the molecule is CNC(=O)C(C)(C)CN=C(NCCOC)NCCc1ccco1. The van der Waals surface area contributed by atoms with Crippen molar-refractivity contribution in [2.75, 3.05) is 40.4 Å². The van der Waals surface area contributed by atoms with Crippen LogP contribution in [0.15, 0.2) is 27.8 Å². The highest BCUT2D eigenvalue weighted by Gasteiger charge is 2.26. The zero-order chi connectivity index (χ0) is 17.1. The third kappa shape index (κ3) is 7.19. The number of furan rings is 1. The maximum atomic E-state index is 11.8. The smallest absolute Gasteiger partial charge is 0.227 e. The summed E-state index contributed by atoms with van der Waals surface area (Å²) in [5, 5.41) is 9.08. The number of nitrogens with one attached hydrogen (secondary N) is 3. The molecule has 1 aromatic heterocycles. The van der Waals surface area contributed by atoms with Gasteiger partial charge in [-0.25, -0.2) is 0 Å². The van der Waals surface area contributed by atoms with E-state index in [1.165, 1.54) is 0 Å². The predicted octanol–water partition coefficient (Wildman–Crippen LogP) is 0.776. The number of carbonyl (C=O) groups excluding carboxylic acids is 1. The Morgan fingerprint density at radius 1 is 1.35 bits per heavy atom. The second-order valence-electron chi connectivity index (χ2n) is 5.80. The van der Waals surface area contributed by atoms with Crippen molar-refractivity contribution in [3.05, 3.63) is 24.2 Å². The van der Waals surface area contributed by atoms with Crippen LogP contribution in [-0.4, -0.2) is 52.3 Å². The minimum atomic E-state index is -0.564. The van der Waals surface area contributed by atoms with Gasteiger partial charge in [-0.3, -0.25) is 9.79 Å². The van der Waals surface area contributed by atoms with Crippen LogP contribution in [0.3, 0.4) is 0 Å². The summed E-state index contributed by atoms with van der Waals surface area (Å²) in [5.41, 5.74) is -0.564. The number of rotatable bonds is 9. The van der Waals surface area contributed by atoms with Gasteiger partial charge in [0.05, 0.1) is 24.8 Å². The Morgan fingerprint density at radius 3 is 2.70 bits per heavy atom. The molecule has 0 spiro atoms. The van der Waals surface area contributed by atoms with Gasteiger partial charge in [-0.15, -0.1) is 0 Å². The maximum absolute atomic E-state index is 11.8. The lowest BCUT2D eigenvalue weighted by molar-refractivity contribution is -0.128. The molecule has 0 bridgehead atoms. The molecule has 23 heavy (non-hydrogen) atoms. The Labute approximate surface area is 137 Å². The van der Waals surface area contributed by atoms with Crippen molar-refractivity contribution >= 4 is 11.9 Å². The molecule has 0 aliphatic heterocycles. The Morgan fingerprint density at radius 2 is 2.09 bits per heavy atom. The van der Waals surface area contributed by atoms with E-state index in [9.17, 15) is 4.79 Å². The van der Waals surface area contributed by atoms with Gasteiger partial charge in [0.25, 0.3) is 0 Å². The summed E-state index contributed by atoms with van der Waals surface area (Å²) < 4.78 is 10.3. The molecule has 0 fully saturated rings. The van der Waals surface area contributed by atoms with Gasteiger partial charge >= 0.3 is 0 Å².